The van der Waals surface area contributed by atoms with E-state index >= 15 is 0 Å². The van der Waals surface area contributed by atoms with Gasteiger partial charge in [0.1, 0.15) is 12.1 Å². The summed E-state index contributed by atoms with van der Waals surface area (Å²) >= 11 is 0. The third kappa shape index (κ3) is 4.65. The van der Waals surface area contributed by atoms with Gasteiger partial charge >= 0.3 is 0 Å². The monoisotopic (exact) mass is 498 g/mol. The predicted molar refractivity (Wildman–Crippen MR) is 157 cm³/mol. The highest BCUT2D eigenvalue weighted by Gasteiger charge is 2.22. The van der Waals surface area contributed by atoms with Gasteiger partial charge in [-0.1, -0.05) is 86.2 Å². The molecule has 1 heterocycles. The number of hydrogen-bond acceptors (Lipinski definition) is 2. The summed E-state index contributed by atoms with van der Waals surface area (Å²) < 4.78 is 13.6. The van der Waals surface area contributed by atoms with Crippen LogP contribution in [0.2, 0.25) is 0 Å². The highest BCUT2D eigenvalue weighted by Crippen LogP contribution is 2.43. The largest absolute Gasteiger partial charge is 0.244 e. The van der Waals surface area contributed by atoms with Gasteiger partial charge in [0.15, 0.2) is 0 Å². The molecule has 3 heteroatoms. The van der Waals surface area contributed by atoms with Gasteiger partial charge in [0.05, 0.1) is 5.52 Å². The van der Waals surface area contributed by atoms with Gasteiger partial charge < -0.3 is 0 Å². The number of benzene rings is 4. The number of para-hydroxylation sites is 1. The smallest absolute Gasteiger partial charge is 0.123 e. The summed E-state index contributed by atoms with van der Waals surface area (Å²) in [6.07, 6.45) is 12.6. The summed E-state index contributed by atoms with van der Waals surface area (Å²) in [6.45, 7) is 4.47. The first-order valence-corrected chi connectivity index (χ1v) is 13.5. The predicted octanol–water partition coefficient (Wildman–Crippen LogP) is 9.45. The van der Waals surface area contributed by atoms with Gasteiger partial charge in [0, 0.05) is 11.6 Å². The van der Waals surface area contributed by atoms with Crippen LogP contribution >= 0.6 is 0 Å². The minimum atomic E-state index is -0.183. The van der Waals surface area contributed by atoms with Crippen LogP contribution in [0.25, 0.3) is 38.4 Å². The second-order valence-electron chi connectivity index (χ2n) is 10.5. The van der Waals surface area contributed by atoms with Crippen molar-refractivity contribution in [1.82, 2.24) is 9.97 Å². The SMILES string of the molecule is CC(C)c1cc(-c2ccc(F)cc2)c2c3c(ccc2c1)C1=C(CCC=C1)CC3.c1ccc2ncncc2c1. The molecule has 0 aliphatic heterocycles. The summed E-state index contributed by atoms with van der Waals surface area (Å²) in [4.78, 5) is 7.97. The molecule has 38 heavy (non-hydrogen) atoms. The number of nitrogens with zero attached hydrogens (tertiary/aromatic N) is 2. The highest BCUT2D eigenvalue weighted by atomic mass is 19.1. The lowest BCUT2D eigenvalue weighted by molar-refractivity contribution is 0.628. The van der Waals surface area contributed by atoms with Gasteiger partial charge in [0.25, 0.3) is 0 Å². The molecule has 0 amide bonds. The maximum atomic E-state index is 13.6. The van der Waals surface area contributed by atoms with Gasteiger partial charge in [-0.2, -0.15) is 0 Å². The maximum absolute atomic E-state index is 13.6. The van der Waals surface area contributed by atoms with E-state index in [0.717, 1.165) is 29.3 Å². The van der Waals surface area contributed by atoms with Crippen LogP contribution in [-0.4, -0.2) is 9.97 Å². The molecule has 188 valence electrons. The normalized spacial score (nSPS) is 14.3. The fourth-order valence-electron chi connectivity index (χ4n) is 5.72. The van der Waals surface area contributed by atoms with Gasteiger partial charge in [-0.15, -0.1) is 0 Å². The molecule has 1 aromatic heterocycles. The standard InChI is InChI=1S/C27H25F.C8H6N2/c1-17(2)21-15-20-10-13-24-23-6-4-3-5-18(23)9-14-25(24)27(20)26(16-21)19-7-11-22(28)12-8-19;1-2-4-8-7(3-1)5-9-6-10-8/h4,6-8,10-13,15-17H,3,5,9,14H2,1-2H3;1-6H. The molecule has 0 atom stereocenters. The van der Waals surface area contributed by atoms with Crippen molar-refractivity contribution in [3.63, 3.8) is 0 Å². The van der Waals surface area contributed by atoms with Crippen LogP contribution in [0.4, 0.5) is 4.39 Å². The van der Waals surface area contributed by atoms with Crippen molar-refractivity contribution in [2.24, 2.45) is 0 Å². The first kappa shape index (κ1) is 24.2. The van der Waals surface area contributed by atoms with Crippen molar-refractivity contribution < 1.29 is 4.39 Å². The van der Waals surface area contributed by atoms with Crippen LogP contribution < -0.4 is 0 Å². The van der Waals surface area contributed by atoms with E-state index in [1.807, 2.05) is 42.6 Å². The number of aryl methyl sites for hydroxylation is 1. The summed E-state index contributed by atoms with van der Waals surface area (Å²) in [7, 11) is 0. The lowest BCUT2D eigenvalue weighted by atomic mass is 9.78. The molecule has 0 saturated heterocycles. The topological polar surface area (TPSA) is 25.8 Å². The number of aromatic nitrogens is 2. The van der Waals surface area contributed by atoms with Crippen LogP contribution in [0.1, 0.15) is 55.7 Å². The highest BCUT2D eigenvalue weighted by molar-refractivity contribution is 6.03. The lowest BCUT2D eigenvalue weighted by Crippen LogP contribution is -2.07. The van der Waals surface area contributed by atoms with Crippen LogP contribution in [0, 0.1) is 5.82 Å². The molecule has 0 saturated carbocycles. The van der Waals surface area contributed by atoms with E-state index < -0.39 is 0 Å². The van der Waals surface area contributed by atoms with Gasteiger partial charge in [-0.25, -0.2) is 14.4 Å². The van der Waals surface area contributed by atoms with Gasteiger partial charge in [-0.05, 0) is 94.0 Å². The Labute approximate surface area is 223 Å². The van der Waals surface area contributed by atoms with Gasteiger partial charge in [0.2, 0.25) is 0 Å². The molecule has 0 radical (unpaired) electrons. The van der Waals surface area contributed by atoms with E-state index in [1.165, 1.54) is 51.4 Å². The zero-order chi connectivity index (χ0) is 26.1. The Kier molecular flexibility index (Phi) is 6.59. The number of rotatable bonds is 2. The van der Waals surface area contributed by atoms with Crippen LogP contribution in [-0.2, 0) is 6.42 Å². The number of fused-ring (bicyclic) bond motifs is 5. The van der Waals surface area contributed by atoms with Crippen molar-refractivity contribution in [2.75, 3.05) is 0 Å². The first-order chi connectivity index (χ1) is 18.6. The average molecular weight is 499 g/mol. The number of allylic oxidation sites excluding steroid dienone is 4. The summed E-state index contributed by atoms with van der Waals surface area (Å²) in [5.74, 6) is 0.271. The molecule has 0 N–H and O–H groups in total. The molecule has 0 spiro atoms. The van der Waals surface area contributed by atoms with E-state index in [9.17, 15) is 4.39 Å². The number of halogens is 1. The van der Waals surface area contributed by atoms with Crippen molar-refractivity contribution in [2.45, 2.75) is 45.4 Å². The summed E-state index contributed by atoms with van der Waals surface area (Å²) in [5.41, 5.74) is 10.6. The molecule has 2 nitrogen and oxygen atoms in total. The van der Waals surface area contributed by atoms with Crippen molar-refractivity contribution >= 4 is 27.2 Å². The quantitative estimate of drug-likeness (QED) is 0.242. The molecular weight excluding hydrogens is 467 g/mol. The molecular formula is C35H31FN2. The Morgan fingerprint density at radius 2 is 1.66 bits per heavy atom. The molecule has 2 aliphatic carbocycles. The molecule has 2 aliphatic rings. The van der Waals surface area contributed by atoms with Gasteiger partial charge in [-0.3, -0.25) is 0 Å². The number of hydrogen-bond donors (Lipinski definition) is 0. The fourth-order valence-corrected chi connectivity index (χ4v) is 5.72. The maximum Gasteiger partial charge on any atom is 0.123 e. The van der Waals surface area contributed by atoms with Crippen LogP contribution in [0.5, 0.6) is 0 Å². The molecule has 0 bridgehead atoms. The lowest BCUT2D eigenvalue weighted by Gasteiger charge is -2.27. The zero-order valence-electron chi connectivity index (χ0n) is 21.9. The molecule has 5 aromatic rings. The molecule has 0 fully saturated rings. The third-order valence-electron chi connectivity index (χ3n) is 7.73. The Morgan fingerprint density at radius 1 is 0.816 bits per heavy atom. The minimum absolute atomic E-state index is 0.183. The van der Waals surface area contributed by atoms with E-state index in [4.69, 9.17) is 0 Å². The molecule has 0 unspecified atom stereocenters. The molecule has 4 aromatic carbocycles. The summed E-state index contributed by atoms with van der Waals surface area (Å²) in [5, 5.41) is 3.73. The van der Waals surface area contributed by atoms with Crippen molar-refractivity contribution in [3.05, 3.63) is 126 Å². The van der Waals surface area contributed by atoms with E-state index in [1.54, 1.807) is 24.0 Å². The Bertz CT molecular complexity index is 1630. The van der Waals surface area contributed by atoms with Crippen molar-refractivity contribution in [1.29, 1.82) is 0 Å². The average Bonchev–Trinajstić information content (AvgIpc) is 2.97. The van der Waals surface area contributed by atoms with E-state index in [0.29, 0.717) is 5.92 Å². The first-order valence-electron chi connectivity index (χ1n) is 13.5. The van der Waals surface area contributed by atoms with E-state index in [-0.39, 0.29) is 5.82 Å². The second-order valence-corrected chi connectivity index (χ2v) is 10.5. The second kappa shape index (κ2) is 10.3. The van der Waals surface area contributed by atoms with E-state index in [2.05, 4.69) is 60.2 Å². The molecule has 7 rings (SSSR count). The van der Waals surface area contributed by atoms with Crippen LogP contribution in [0.15, 0.2) is 103 Å². The van der Waals surface area contributed by atoms with Crippen molar-refractivity contribution in [3.8, 4) is 11.1 Å². The summed E-state index contributed by atoms with van der Waals surface area (Å²) in [6, 6.07) is 24.2. The Morgan fingerprint density at radius 3 is 2.47 bits per heavy atom. The Hall–Kier alpha value is -4.11. The Balaban J connectivity index is 0.000000221. The minimum Gasteiger partial charge on any atom is -0.244 e. The zero-order valence-corrected chi connectivity index (χ0v) is 21.9. The fraction of sp³-hybridized carbons (Fsp3) is 0.200. The van der Waals surface area contributed by atoms with Crippen LogP contribution in [0.3, 0.4) is 0 Å². The third-order valence-corrected chi connectivity index (χ3v) is 7.73.